The van der Waals surface area contributed by atoms with Gasteiger partial charge in [-0.05, 0) is 30.5 Å². The van der Waals surface area contributed by atoms with Gasteiger partial charge < -0.3 is 15.2 Å². The molecule has 1 aliphatic rings. The Morgan fingerprint density at radius 1 is 1.31 bits per heavy atom. The lowest BCUT2D eigenvalue weighted by Crippen LogP contribution is -2.60. The molecule has 1 aromatic rings. The highest BCUT2D eigenvalue weighted by atomic mass is 16.5. The van der Waals surface area contributed by atoms with E-state index in [1.165, 1.54) is 5.56 Å². The van der Waals surface area contributed by atoms with Crippen molar-refractivity contribution in [2.45, 2.75) is 25.9 Å². The first-order valence-electron chi connectivity index (χ1n) is 5.61. The zero-order valence-corrected chi connectivity index (χ0v) is 10.1. The molecule has 0 spiro atoms. The molecule has 3 heteroatoms. The molecule has 0 bridgehead atoms. The highest BCUT2D eigenvalue weighted by Crippen LogP contribution is 2.27. The maximum Gasteiger partial charge on any atom is 0.124 e. The molecule has 16 heavy (non-hydrogen) atoms. The summed E-state index contributed by atoms with van der Waals surface area (Å²) in [6, 6.07) is 4.20. The molecular formula is C13H19NO2. The molecule has 0 saturated carbocycles. The van der Waals surface area contributed by atoms with Crippen molar-refractivity contribution in [1.82, 2.24) is 5.32 Å². The molecule has 1 aliphatic heterocycles. The van der Waals surface area contributed by atoms with Crippen LogP contribution in [-0.2, 0) is 6.42 Å². The van der Waals surface area contributed by atoms with Crippen molar-refractivity contribution < 1.29 is 9.84 Å². The summed E-state index contributed by atoms with van der Waals surface area (Å²) < 4.78 is 5.33. The van der Waals surface area contributed by atoms with Crippen LogP contribution in [0, 0.1) is 13.8 Å². The zero-order valence-electron chi connectivity index (χ0n) is 10.1. The van der Waals surface area contributed by atoms with Gasteiger partial charge >= 0.3 is 0 Å². The van der Waals surface area contributed by atoms with E-state index in [1.54, 1.807) is 7.11 Å². The summed E-state index contributed by atoms with van der Waals surface area (Å²) in [6.07, 6.45) is 0.714. The monoisotopic (exact) mass is 221 g/mol. The third-order valence-corrected chi connectivity index (χ3v) is 3.17. The van der Waals surface area contributed by atoms with Gasteiger partial charge in [-0.2, -0.15) is 0 Å². The van der Waals surface area contributed by atoms with E-state index in [0.717, 1.165) is 16.9 Å². The lowest BCUT2D eigenvalue weighted by atomic mass is 9.88. The second kappa shape index (κ2) is 4.07. The topological polar surface area (TPSA) is 41.5 Å². The van der Waals surface area contributed by atoms with Crippen LogP contribution in [-0.4, -0.2) is 30.9 Å². The fraction of sp³-hybridized carbons (Fsp3) is 0.538. The summed E-state index contributed by atoms with van der Waals surface area (Å²) in [5.74, 6) is 0.947. The minimum atomic E-state index is -0.548. The minimum Gasteiger partial charge on any atom is -0.496 e. The van der Waals surface area contributed by atoms with Crippen LogP contribution >= 0.6 is 0 Å². The van der Waals surface area contributed by atoms with Crippen LogP contribution in [0.2, 0.25) is 0 Å². The highest BCUT2D eigenvalue weighted by Gasteiger charge is 2.34. The molecule has 2 rings (SSSR count). The highest BCUT2D eigenvalue weighted by molar-refractivity contribution is 5.43. The van der Waals surface area contributed by atoms with E-state index in [2.05, 4.69) is 17.4 Å². The maximum atomic E-state index is 10.1. The zero-order chi connectivity index (χ0) is 11.8. The first kappa shape index (κ1) is 11.4. The van der Waals surface area contributed by atoms with E-state index >= 15 is 0 Å². The lowest BCUT2D eigenvalue weighted by Gasteiger charge is -2.37. The van der Waals surface area contributed by atoms with Crippen LogP contribution in [0.1, 0.15) is 16.7 Å². The molecule has 1 heterocycles. The number of nitrogens with one attached hydrogen (secondary N) is 1. The molecule has 0 amide bonds. The van der Waals surface area contributed by atoms with Gasteiger partial charge in [-0.3, -0.25) is 0 Å². The number of β-amino-alcohol motifs (C(OH)–C–C–N with tert-alkyl or cyclic N) is 1. The Hall–Kier alpha value is -1.06. The molecular weight excluding hydrogens is 202 g/mol. The van der Waals surface area contributed by atoms with Crippen LogP contribution in [0.5, 0.6) is 5.75 Å². The third-order valence-electron chi connectivity index (χ3n) is 3.17. The lowest BCUT2D eigenvalue weighted by molar-refractivity contribution is -0.00904. The van der Waals surface area contributed by atoms with Crippen molar-refractivity contribution >= 4 is 0 Å². The van der Waals surface area contributed by atoms with Gasteiger partial charge in [0.1, 0.15) is 5.75 Å². The first-order chi connectivity index (χ1) is 7.54. The average Bonchev–Trinajstić information content (AvgIpc) is 2.15. The molecule has 0 radical (unpaired) electrons. The second-order valence-corrected chi connectivity index (χ2v) is 4.77. The molecule has 3 nitrogen and oxygen atoms in total. The Labute approximate surface area is 96.4 Å². The van der Waals surface area contributed by atoms with Crippen molar-refractivity contribution in [3.8, 4) is 5.75 Å². The van der Waals surface area contributed by atoms with Gasteiger partial charge in [0, 0.05) is 19.5 Å². The van der Waals surface area contributed by atoms with E-state index in [1.807, 2.05) is 13.8 Å². The third kappa shape index (κ3) is 2.06. The summed E-state index contributed by atoms with van der Waals surface area (Å²) in [6.45, 7) is 5.46. The van der Waals surface area contributed by atoms with Gasteiger partial charge in [0.05, 0.1) is 12.7 Å². The predicted molar refractivity (Wildman–Crippen MR) is 64.0 cm³/mol. The predicted octanol–water partition coefficient (Wildman–Crippen LogP) is 1.19. The standard InChI is InChI=1S/C13H19NO2/c1-9-4-11(5-10(2)12(9)16-3)6-13(15)7-14-8-13/h4-5,14-15H,6-8H2,1-3H3. The average molecular weight is 221 g/mol. The largest absolute Gasteiger partial charge is 0.496 e. The molecule has 88 valence electrons. The fourth-order valence-corrected chi connectivity index (χ4v) is 2.38. The Balaban J connectivity index is 2.22. The van der Waals surface area contributed by atoms with Crippen molar-refractivity contribution in [1.29, 1.82) is 0 Å². The quantitative estimate of drug-likeness (QED) is 0.805. The summed E-state index contributed by atoms with van der Waals surface area (Å²) in [4.78, 5) is 0. The molecule has 0 aromatic heterocycles. The van der Waals surface area contributed by atoms with Crippen LogP contribution in [0.4, 0.5) is 0 Å². The van der Waals surface area contributed by atoms with E-state index in [-0.39, 0.29) is 0 Å². The Kier molecular flexibility index (Phi) is 2.91. The molecule has 0 aliphatic carbocycles. The molecule has 2 N–H and O–H groups in total. The second-order valence-electron chi connectivity index (χ2n) is 4.77. The van der Waals surface area contributed by atoms with Crippen LogP contribution in [0.25, 0.3) is 0 Å². The van der Waals surface area contributed by atoms with Crippen molar-refractivity contribution in [3.05, 3.63) is 28.8 Å². The van der Waals surface area contributed by atoms with Crippen LogP contribution < -0.4 is 10.1 Å². The summed E-state index contributed by atoms with van der Waals surface area (Å²) in [5.41, 5.74) is 2.90. The first-order valence-corrected chi connectivity index (χ1v) is 5.61. The number of benzene rings is 1. The SMILES string of the molecule is COc1c(C)cc(CC2(O)CNC2)cc1C. The van der Waals surface area contributed by atoms with E-state index in [0.29, 0.717) is 19.5 Å². The van der Waals surface area contributed by atoms with E-state index < -0.39 is 5.60 Å². The van der Waals surface area contributed by atoms with Gasteiger partial charge in [-0.1, -0.05) is 12.1 Å². The smallest absolute Gasteiger partial charge is 0.124 e. The molecule has 0 atom stereocenters. The molecule has 1 fully saturated rings. The van der Waals surface area contributed by atoms with Crippen LogP contribution in [0.3, 0.4) is 0 Å². The number of rotatable bonds is 3. The van der Waals surface area contributed by atoms with Gasteiger partial charge in [-0.25, -0.2) is 0 Å². The number of aryl methyl sites for hydroxylation is 2. The summed E-state index contributed by atoms with van der Waals surface area (Å²) in [5, 5.41) is 13.2. The molecule has 1 aromatic carbocycles. The minimum absolute atomic E-state index is 0.548. The Bertz CT molecular complexity index is 374. The number of hydrogen-bond acceptors (Lipinski definition) is 3. The number of ether oxygens (including phenoxy) is 1. The Morgan fingerprint density at radius 2 is 1.88 bits per heavy atom. The van der Waals surface area contributed by atoms with Crippen molar-refractivity contribution in [3.63, 3.8) is 0 Å². The number of aliphatic hydroxyl groups is 1. The molecule has 1 saturated heterocycles. The van der Waals surface area contributed by atoms with Gasteiger partial charge in [0.15, 0.2) is 0 Å². The van der Waals surface area contributed by atoms with Crippen molar-refractivity contribution in [2.24, 2.45) is 0 Å². The van der Waals surface area contributed by atoms with E-state index in [9.17, 15) is 5.11 Å². The number of methoxy groups -OCH3 is 1. The van der Waals surface area contributed by atoms with Gasteiger partial charge in [0.2, 0.25) is 0 Å². The maximum absolute atomic E-state index is 10.1. The van der Waals surface area contributed by atoms with Gasteiger partial charge in [0.25, 0.3) is 0 Å². The molecule has 0 unspecified atom stereocenters. The van der Waals surface area contributed by atoms with Crippen LogP contribution in [0.15, 0.2) is 12.1 Å². The van der Waals surface area contributed by atoms with Gasteiger partial charge in [-0.15, -0.1) is 0 Å². The number of hydrogen-bond donors (Lipinski definition) is 2. The normalized spacial score (nSPS) is 18.0. The Morgan fingerprint density at radius 3 is 2.25 bits per heavy atom. The van der Waals surface area contributed by atoms with Crippen molar-refractivity contribution in [2.75, 3.05) is 20.2 Å². The summed E-state index contributed by atoms with van der Waals surface area (Å²) in [7, 11) is 1.69. The summed E-state index contributed by atoms with van der Waals surface area (Å²) >= 11 is 0. The fourth-order valence-electron chi connectivity index (χ4n) is 2.38. The van der Waals surface area contributed by atoms with E-state index in [4.69, 9.17) is 4.74 Å².